The van der Waals surface area contributed by atoms with E-state index in [0.29, 0.717) is 5.56 Å². The molecule has 0 unspecified atom stereocenters. The first-order valence-corrected chi connectivity index (χ1v) is 11.2. The Bertz CT molecular complexity index is 1150. The Labute approximate surface area is 194 Å². The molecule has 33 heavy (non-hydrogen) atoms. The first-order valence-electron chi connectivity index (χ1n) is 11.2. The molecule has 1 aliphatic rings. The molecule has 1 amide bonds. The van der Waals surface area contributed by atoms with Crippen LogP contribution in [-0.2, 0) is 11.2 Å². The molecule has 0 bridgehead atoms. The van der Waals surface area contributed by atoms with Gasteiger partial charge in [0.05, 0.1) is 35.4 Å². The van der Waals surface area contributed by atoms with Crippen molar-refractivity contribution in [1.82, 2.24) is 5.32 Å². The van der Waals surface area contributed by atoms with E-state index in [4.69, 9.17) is 5.73 Å². The molecule has 0 radical (unpaired) electrons. The Morgan fingerprint density at radius 3 is 2.64 bits per heavy atom. The summed E-state index contributed by atoms with van der Waals surface area (Å²) in [4.78, 5) is 11.3. The number of hydrogen-bond donors (Lipinski definition) is 4. The summed E-state index contributed by atoms with van der Waals surface area (Å²) in [5.41, 5.74) is 11.1. The normalized spacial score (nSPS) is 16.4. The fourth-order valence-corrected chi connectivity index (χ4v) is 4.39. The van der Waals surface area contributed by atoms with E-state index in [1.54, 1.807) is 0 Å². The SMILES string of the molecule is C[C@@H](CN[C@H](c1ccccc1)[C@H]1CNc2cccc(C#N)c2N1)c1cccc(CC(N)=O)c1. The third kappa shape index (κ3) is 5.33. The summed E-state index contributed by atoms with van der Waals surface area (Å²) in [7, 11) is 0. The number of primary amides is 1. The molecular formula is C27H29N5O. The topological polar surface area (TPSA) is 103 Å². The van der Waals surface area contributed by atoms with E-state index in [0.717, 1.165) is 30.0 Å². The maximum atomic E-state index is 11.3. The summed E-state index contributed by atoms with van der Waals surface area (Å²) in [6.07, 6.45) is 0.249. The summed E-state index contributed by atoms with van der Waals surface area (Å²) >= 11 is 0. The number of anilines is 2. The Morgan fingerprint density at radius 2 is 1.88 bits per heavy atom. The molecule has 5 N–H and O–H groups in total. The smallest absolute Gasteiger partial charge is 0.221 e. The zero-order chi connectivity index (χ0) is 23.2. The van der Waals surface area contributed by atoms with Gasteiger partial charge in [-0.15, -0.1) is 0 Å². The van der Waals surface area contributed by atoms with Gasteiger partial charge in [0.25, 0.3) is 0 Å². The lowest BCUT2D eigenvalue weighted by Gasteiger charge is -2.36. The molecule has 0 spiro atoms. The Balaban J connectivity index is 1.53. The van der Waals surface area contributed by atoms with Crippen molar-refractivity contribution in [3.8, 4) is 6.07 Å². The molecular weight excluding hydrogens is 410 g/mol. The molecule has 0 aliphatic carbocycles. The van der Waals surface area contributed by atoms with Gasteiger partial charge in [-0.2, -0.15) is 5.26 Å². The van der Waals surface area contributed by atoms with E-state index in [2.05, 4.69) is 53.2 Å². The minimum absolute atomic E-state index is 0.0369. The number of amides is 1. The van der Waals surface area contributed by atoms with E-state index in [9.17, 15) is 10.1 Å². The molecule has 0 aromatic heterocycles. The number of nitriles is 1. The third-order valence-corrected chi connectivity index (χ3v) is 6.13. The van der Waals surface area contributed by atoms with Crippen LogP contribution >= 0.6 is 0 Å². The van der Waals surface area contributed by atoms with Crippen molar-refractivity contribution in [2.45, 2.75) is 31.3 Å². The Morgan fingerprint density at radius 1 is 1.12 bits per heavy atom. The number of hydrogen-bond acceptors (Lipinski definition) is 5. The molecule has 6 heteroatoms. The van der Waals surface area contributed by atoms with Gasteiger partial charge in [0.15, 0.2) is 0 Å². The zero-order valence-corrected chi connectivity index (χ0v) is 18.7. The minimum atomic E-state index is -0.324. The molecule has 4 rings (SSSR count). The number of rotatable bonds is 8. The minimum Gasteiger partial charge on any atom is -0.381 e. The Kier molecular flexibility index (Phi) is 6.92. The van der Waals surface area contributed by atoms with Crippen molar-refractivity contribution in [3.63, 3.8) is 0 Å². The summed E-state index contributed by atoms with van der Waals surface area (Å²) in [6, 6.07) is 26.5. The lowest BCUT2D eigenvalue weighted by atomic mass is 9.94. The summed E-state index contributed by atoms with van der Waals surface area (Å²) < 4.78 is 0. The molecule has 0 saturated heterocycles. The van der Waals surface area contributed by atoms with Crippen LogP contribution in [0.2, 0.25) is 0 Å². The second-order valence-corrected chi connectivity index (χ2v) is 8.56. The summed E-state index contributed by atoms with van der Waals surface area (Å²) in [5.74, 6) is -0.0856. The molecule has 3 atom stereocenters. The van der Waals surface area contributed by atoms with Gasteiger partial charge in [0, 0.05) is 13.1 Å². The predicted molar refractivity (Wildman–Crippen MR) is 132 cm³/mol. The van der Waals surface area contributed by atoms with Gasteiger partial charge >= 0.3 is 0 Å². The van der Waals surface area contributed by atoms with E-state index in [-0.39, 0.29) is 30.3 Å². The van der Waals surface area contributed by atoms with Crippen LogP contribution in [0.1, 0.15) is 41.1 Å². The number of fused-ring (bicyclic) bond motifs is 1. The standard InChI is InChI=1S/C27H29N5O/c1-18(21-10-5-7-19(13-21)14-25(29)33)16-31-26(20-8-3-2-4-9-20)24-17-30-23-12-6-11-22(15-28)27(23)32-24/h2-13,18,24,26,30-32H,14,16-17H2,1H3,(H2,29,33)/t18-,24+,26+/m0/s1. The molecule has 0 fully saturated rings. The van der Waals surface area contributed by atoms with Gasteiger partial charge in [-0.05, 0) is 34.7 Å². The monoisotopic (exact) mass is 439 g/mol. The van der Waals surface area contributed by atoms with Gasteiger partial charge in [-0.3, -0.25) is 4.79 Å². The second-order valence-electron chi connectivity index (χ2n) is 8.56. The lowest BCUT2D eigenvalue weighted by molar-refractivity contribution is -0.117. The quantitative estimate of drug-likeness (QED) is 0.426. The van der Waals surface area contributed by atoms with Gasteiger partial charge in [0.2, 0.25) is 5.91 Å². The summed E-state index contributed by atoms with van der Waals surface area (Å²) in [5, 5.41) is 20.4. The Hall–Kier alpha value is -3.82. The average Bonchev–Trinajstić information content (AvgIpc) is 2.84. The van der Waals surface area contributed by atoms with Crippen LogP contribution in [-0.4, -0.2) is 25.0 Å². The van der Waals surface area contributed by atoms with Gasteiger partial charge < -0.3 is 21.7 Å². The van der Waals surface area contributed by atoms with Gasteiger partial charge in [-0.25, -0.2) is 0 Å². The van der Waals surface area contributed by atoms with E-state index < -0.39 is 0 Å². The van der Waals surface area contributed by atoms with Crippen LogP contribution in [0.5, 0.6) is 0 Å². The van der Waals surface area contributed by atoms with Crippen LogP contribution in [0.4, 0.5) is 11.4 Å². The van der Waals surface area contributed by atoms with Crippen molar-refractivity contribution >= 4 is 17.3 Å². The largest absolute Gasteiger partial charge is 0.381 e. The number of nitrogens with one attached hydrogen (secondary N) is 3. The molecule has 168 valence electrons. The maximum Gasteiger partial charge on any atom is 0.221 e. The van der Waals surface area contributed by atoms with Crippen molar-refractivity contribution in [1.29, 1.82) is 5.26 Å². The number of nitrogens with two attached hydrogens (primary N) is 1. The fourth-order valence-electron chi connectivity index (χ4n) is 4.39. The molecule has 0 saturated carbocycles. The average molecular weight is 440 g/mol. The van der Waals surface area contributed by atoms with E-state index in [1.165, 1.54) is 11.1 Å². The van der Waals surface area contributed by atoms with Crippen LogP contribution in [0, 0.1) is 11.3 Å². The van der Waals surface area contributed by atoms with Crippen LogP contribution < -0.4 is 21.7 Å². The zero-order valence-electron chi connectivity index (χ0n) is 18.7. The highest BCUT2D eigenvalue weighted by molar-refractivity contribution is 5.78. The predicted octanol–water partition coefficient (Wildman–Crippen LogP) is 3.93. The number of carbonyl (C=O) groups is 1. The van der Waals surface area contributed by atoms with E-state index in [1.807, 2.05) is 48.5 Å². The highest BCUT2D eigenvalue weighted by Crippen LogP contribution is 2.33. The first-order chi connectivity index (χ1) is 16.0. The van der Waals surface area contributed by atoms with Crippen molar-refractivity contribution < 1.29 is 4.79 Å². The number of benzene rings is 3. The number of nitrogens with zero attached hydrogens (tertiary/aromatic N) is 1. The summed E-state index contributed by atoms with van der Waals surface area (Å²) in [6.45, 7) is 3.66. The molecule has 1 heterocycles. The fraction of sp³-hybridized carbons (Fsp3) is 0.259. The van der Waals surface area contributed by atoms with Gasteiger partial charge in [0.1, 0.15) is 6.07 Å². The second kappa shape index (κ2) is 10.2. The number of para-hydroxylation sites is 1. The molecule has 6 nitrogen and oxygen atoms in total. The van der Waals surface area contributed by atoms with Crippen molar-refractivity contribution in [3.05, 3.63) is 95.1 Å². The van der Waals surface area contributed by atoms with Gasteiger partial charge in [-0.1, -0.05) is 67.6 Å². The third-order valence-electron chi connectivity index (χ3n) is 6.13. The molecule has 3 aromatic rings. The molecule has 3 aromatic carbocycles. The lowest BCUT2D eigenvalue weighted by Crippen LogP contribution is -2.45. The highest BCUT2D eigenvalue weighted by Gasteiger charge is 2.28. The highest BCUT2D eigenvalue weighted by atomic mass is 16.1. The first kappa shape index (κ1) is 22.4. The van der Waals surface area contributed by atoms with Crippen LogP contribution in [0.15, 0.2) is 72.8 Å². The number of carbonyl (C=O) groups excluding carboxylic acids is 1. The molecule has 1 aliphatic heterocycles. The van der Waals surface area contributed by atoms with Crippen LogP contribution in [0.3, 0.4) is 0 Å². The van der Waals surface area contributed by atoms with Crippen LogP contribution in [0.25, 0.3) is 0 Å². The van der Waals surface area contributed by atoms with Crippen molar-refractivity contribution in [2.75, 3.05) is 23.7 Å². The maximum absolute atomic E-state index is 11.3. The van der Waals surface area contributed by atoms with E-state index >= 15 is 0 Å². The van der Waals surface area contributed by atoms with Crippen molar-refractivity contribution in [2.24, 2.45) is 5.73 Å².